The summed E-state index contributed by atoms with van der Waals surface area (Å²) in [5.74, 6) is 0.998. The Balaban J connectivity index is 3.86. The summed E-state index contributed by atoms with van der Waals surface area (Å²) in [5.41, 5.74) is 6.61. The molecule has 0 saturated heterocycles. The van der Waals surface area contributed by atoms with E-state index in [9.17, 15) is 0 Å². The molecule has 18 heavy (non-hydrogen) atoms. The molecule has 0 N–H and O–H groups in total. The van der Waals surface area contributed by atoms with Crippen molar-refractivity contribution in [1.82, 2.24) is 0 Å². The van der Waals surface area contributed by atoms with Gasteiger partial charge in [0.1, 0.15) is 5.75 Å². The molecule has 0 spiro atoms. The van der Waals surface area contributed by atoms with Crippen LogP contribution in [0.1, 0.15) is 55.5 Å². The molecular weight excluding hydrogens is 220 g/mol. The molecule has 0 aromatic heterocycles. The van der Waals surface area contributed by atoms with Crippen molar-refractivity contribution in [2.45, 2.75) is 53.4 Å². The monoisotopic (exact) mass is 246 g/mol. The summed E-state index contributed by atoms with van der Waals surface area (Å²) in [5, 5.41) is 0. The Morgan fingerprint density at radius 3 is 2.06 bits per heavy atom. The van der Waals surface area contributed by atoms with E-state index in [4.69, 9.17) is 4.74 Å². The maximum Gasteiger partial charge on any atom is 0.130 e. The molecular formula is C17H26O. The molecule has 1 aromatic carbocycles. The summed E-state index contributed by atoms with van der Waals surface area (Å²) in [6, 6.07) is 0. The zero-order valence-electron chi connectivity index (χ0n) is 12.9. The third kappa shape index (κ3) is 2.31. The third-order valence-corrected chi connectivity index (χ3v) is 3.70. The van der Waals surface area contributed by atoms with E-state index in [1.165, 1.54) is 22.3 Å². The Labute approximate surface area is 112 Å². The van der Waals surface area contributed by atoms with Crippen LogP contribution < -0.4 is 4.74 Å². The molecule has 0 atom stereocenters. The van der Waals surface area contributed by atoms with Crippen LogP contribution in [0.5, 0.6) is 5.75 Å². The Morgan fingerprint density at radius 2 is 1.72 bits per heavy atom. The highest BCUT2D eigenvalue weighted by molar-refractivity contribution is 5.68. The van der Waals surface area contributed by atoms with Gasteiger partial charge in [-0.2, -0.15) is 0 Å². The SMILES string of the molecule is C=Cc1c(C)c(C)c(CC)c(C(C)(C)C)c1OC. The molecule has 0 bridgehead atoms. The first kappa shape index (κ1) is 14.8. The molecule has 0 aliphatic carbocycles. The van der Waals surface area contributed by atoms with Gasteiger partial charge in [-0.1, -0.05) is 40.3 Å². The van der Waals surface area contributed by atoms with Crippen LogP contribution in [0.3, 0.4) is 0 Å². The molecule has 0 amide bonds. The highest BCUT2D eigenvalue weighted by Crippen LogP contribution is 2.41. The van der Waals surface area contributed by atoms with Crippen molar-refractivity contribution in [1.29, 1.82) is 0 Å². The molecule has 0 saturated carbocycles. The molecule has 0 heterocycles. The second-order valence-corrected chi connectivity index (χ2v) is 5.86. The fraction of sp³-hybridized carbons (Fsp3) is 0.529. The minimum absolute atomic E-state index is 0.0763. The van der Waals surface area contributed by atoms with Gasteiger partial charge in [-0.3, -0.25) is 0 Å². The van der Waals surface area contributed by atoms with E-state index in [-0.39, 0.29) is 5.41 Å². The van der Waals surface area contributed by atoms with Crippen molar-refractivity contribution >= 4 is 6.08 Å². The Morgan fingerprint density at radius 1 is 1.17 bits per heavy atom. The van der Waals surface area contributed by atoms with E-state index in [1.807, 2.05) is 6.08 Å². The van der Waals surface area contributed by atoms with Crippen molar-refractivity contribution in [2.24, 2.45) is 0 Å². The molecule has 1 nitrogen and oxygen atoms in total. The number of benzene rings is 1. The van der Waals surface area contributed by atoms with Crippen LogP contribution in [0, 0.1) is 13.8 Å². The maximum atomic E-state index is 5.70. The van der Waals surface area contributed by atoms with Gasteiger partial charge in [0.05, 0.1) is 7.11 Å². The second kappa shape index (κ2) is 5.17. The third-order valence-electron chi connectivity index (χ3n) is 3.70. The van der Waals surface area contributed by atoms with Crippen LogP contribution in [0.4, 0.5) is 0 Å². The molecule has 1 heteroatoms. The summed E-state index contributed by atoms with van der Waals surface area (Å²) >= 11 is 0. The van der Waals surface area contributed by atoms with Crippen LogP contribution in [0.15, 0.2) is 6.58 Å². The second-order valence-electron chi connectivity index (χ2n) is 5.86. The minimum Gasteiger partial charge on any atom is -0.496 e. The summed E-state index contributed by atoms with van der Waals surface area (Å²) in [7, 11) is 1.76. The van der Waals surface area contributed by atoms with Crippen LogP contribution in [0.2, 0.25) is 0 Å². The van der Waals surface area contributed by atoms with E-state index >= 15 is 0 Å². The first-order valence-electron chi connectivity index (χ1n) is 6.62. The summed E-state index contributed by atoms with van der Waals surface area (Å²) in [6.45, 7) is 17.2. The average molecular weight is 246 g/mol. The van der Waals surface area contributed by atoms with Crippen LogP contribution in [-0.2, 0) is 11.8 Å². The van der Waals surface area contributed by atoms with Gasteiger partial charge in [0, 0.05) is 11.1 Å². The average Bonchev–Trinajstić information content (AvgIpc) is 2.30. The Kier molecular flexibility index (Phi) is 4.26. The standard InChI is InChI=1S/C17H26O/c1-9-13-11(3)12(4)14(10-2)16(18-8)15(13)17(5,6)7/h10H,2,9H2,1,3-8H3. The van der Waals surface area contributed by atoms with E-state index in [1.54, 1.807) is 7.11 Å². The Hall–Kier alpha value is -1.24. The van der Waals surface area contributed by atoms with E-state index in [2.05, 4.69) is 48.1 Å². The molecule has 1 aromatic rings. The zero-order chi connectivity index (χ0) is 14.1. The van der Waals surface area contributed by atoms with Gasteiger partial charge < -0.3 is 4.74 Å². The number of methoxy groups -OCH3 is 1. The summed E-state index contributed by atoms with van der Waals surface area (Å²) < 4.78 is 5.70. The lowest BCUT2D eigenvalue weighted by Crippen LogP contribution is -2.18. The molecule has 1 rings (SSSR count). The number of hydrogen-bond acceptors (Lipinski definition) is 1. The first-order valence-corrected chi connectivity index (χ1v) is 6.62. The van der Waals surface area contributed by atoms with Crippen molar-refractivity contribution in [3.63, 3.8) is 0 Å². The van der Waals surface area contributed by atoms with Gasteiger partial charge in [-0.05, 0) is 42.4 Å². The minimum atomic E-state index is 0.0763. The topological polar surface area (TPSA) is 9.23 Å². The number of hydrogen-bond donors (Lipinski definition) is 0. The largest absolute Gasteiger partial charge is 0.496 e. The van der Waals surface area contributed by atoms with Crippen molar-refractivity contribution in [3.05, 3.63) is 34.4 Å². The van der Waals surface area contributed by atoms with Gasteiger partial charge in [-0.15, -0.1) is 0 Å². The van der Waals surface area contributed by atoms with Gasteiger partial charge >= 0.3 is 0 Å². The fourth-order valence-corrected chi connectivity index (χ4v) is 2.75. The summed E-state index contributed by atoms with van der Waals surface area (Å²) in [4.78, 5) is 0. The van der Waals surface area contributed by atoms with E-state index in [0.717, 1.165) is 17.7 Å². The molecule has 100 valence electrons. The maximum absolute atomic E-state index is 5.70. The highest BCUT2D eigenvalue weighted by atomic mass is 16.5. The quantitative estimate of drug-likeness (QED) is 0.743. The molecule has 0 aliphatic rings. The summed E-state index contributed by atoms with van der Waals surface area (Å²) in [6.07, 6.45) is 2.95. The lowest BCUT2D eigenvalue weighted by Gasteiger charge is -2.29. The molecule has 0 radical (unpaired) electrons. The van der Waals surface area contributed by atoms with Gasteiger partial charge in [0.25, 0.3) is 0 Å². The van der Waals surface area contributed by atoms with Gasteiger partial charge in [0.2, 0.25) is 0 Å². The lowest BCUT2D eigenvalue weighted by molar-refractivity contribution is 0.394. The zero-order valence-corrected chi connectivity index (χ0v) is 12.9. The van der Waals surface area contributed by atoms with Crippen molar-refractivity contribution in [2.75, 3.05) is 7.11 Å². The predicted octanol–water partition coefficient (Wildman–Crippen LogP) is 4.81. The first-order chi connectivity index (χ1) is 8.29. The van der Waals surface area contributed by atoms with Gasteiger partial charge in [-0.25, -0.2) is 0 Å². The van der Waals surface area contributed by atoms with Crippen molar-refractivity contribution in [3.8, 4) is 5.75 Å². The Bertz CT molecular complexity index is 462. The van der Waals surface area contributed by atoms with Gasteiger partial charge in [0.15, 0.2) is 0 Å². The lowest BCUT2D eigenvalue weighted by atomic mass is 9.78. The normalized spacial score (nSPS) is 11.5. The molecule has 0 aliphatic heterocycles. The highest BCUT2D eigenvalue weighted by Gasteiger charge is 2.26. The van der Waals surface area contributed by atoms with Crippen LogP contribution in [-0.4, -0.2) is 7.11 Å². The molecule has 0 fully saturated rings. The van der Waals surface area contributed by atoms with Crippen LogP contribution >= 0.6 is 0 Å². The fourth-order valence-electron chi connectivity index (χ4n) is 2.75. The predicted molar refractivity (Wildman–Crippen MR) is 80.6 cm³/mol. The number of ether oxygens (including phenoxy) is 1. The number of rotatable bonds is 3. The van der Waals surface area contributed by atoms with Crippen LogP contribution in [0.25, 0.3) is 6.08 Å². The molecule has 0 unspecified atom stereocenters. The van der Waals surface area contributed by atoms with E-state index < -0.39 is 0 Å². The van der Waals surface area contributed by atoms with Crippen molar-refractivity contribution < 1.29 is 4.74 Å². The van der Waals surface area contributed by atoms with E-state index in [0.29, 0.717) is 0 Å². The smallest absolute Gasteiger partial charge is 0.130 e.